The summed E-state index contributed by atoms with van der Waals surface area (Å²) in [7, 11) is 0. The first-order valence-corrected chi connectivity index (χ1v) is 11.7. The van der Waals surface area contributed by atoms with E-state index < -0.39 is 5.97 Å². The van der Waals surface area contributed by atoms with Crippen LogP contribution in [-0.2, 0) is 4.79 Å². The number of aliphatic carboxylic acids is 1. The Morgan fingerprint density at radius 1 is 1.16 bits per heavy atom. The van der Waals surface area contributed by atoms with Gasteiger partial charge in [0.25, 0.3) is 5.56 Å². The molecule has 2 heterocycles. The predicted octanol–water partition coefficient (Wildman–Crippen LogP) is 5.41. The lowest BCUT2D eigenvalue weighted by Crippen LogP contribution is -2.22. The first-order chi connectivity index (χ1) is 14.8. The molecular weight excluding hydrogens is 474 g/mol. The smallest absolute Gasteiger partial charge is 0.313 e. The van der Waals surface area contributed by atoms with E-state index >= 15 is 0 Å². The van der Waals surface area contributed by atoms with Gasteiger partial charge in [-0.05, 0) is 62.0 Å². The molecule has 0 bridgehead atoms. The molecule has 0 spiro atoms. The summed E-state index contributed by atoms with van der Waals surface area (Å²) in [6.07, 6.45) is 0. The molecule has 0 unspecified atom stereocenters. The number of thioether (sulfide) groups is 1. The van der Waals surface area contributed by atoms with Crippen molar-refractivity contribution in [2.75, 3.05) is 5.75 Å². The lowest BCUT2D eigenvalue weighted by molar-refractivity contribution is -0.133. The van der Waals surface area contributed by atoms with Crippen molar-refractivity contribution in [2.45, 2.75) is 19.0 Å². The van der Waals surface area contributed by atoms with Gasteiger partial charge in [0, 0.05) is 10.7 Å². The summed E-state index contributed by atoms with van der Waals surface area (Å²) in [6.45, 7) is 3.84. The molecule has 0 atom stereocenters. The van der Waals surface area contributed by atoms with E-state index in [1.807, 2.05) is 50.2 Å². The maximum atomic E-state index is 13.5. The van der Waals surface area contributed by atoms with Gasteiger partial charge in [-0.2, -0.15) is 0 Å². The third kappa shape index (κ3) is 4.18. The van der Waals surface area contributed by atoms with Crippen molar-refractivity contribution in [3.8, 4) is 11.4 Å². The van der Waals surface area contributed by atoms with E-state index in [0.29, 0.717) is 25.0 Å². The molecule has 158 valence electrons. The largest absolute Gasteiger partial charge is 0.481 e. The molecule has 31 heavy (non-hydrogen) atoms. The molecular formula is C21H16ClN3O3S3. The van der Waals surface area contributed by atoms with Crippen LogP contribution in [0.4, 0.5) is 0 Å². The van der Waals surface area contributed by atoms with Gasteiger partial charge in [0.15, 0.2) is 14.8 Å². The van der Waals surface area contributed by atoms with Crippen LogP contribution in [0.2, 0.25) is 5.02 Å². The molecule has 0 aliphatic rings. The molecule has 4 aromatic rings. The Kier molecular flexibility index (Phi) is 6.02. The van der Waals surface area contributed by atoms with Gasteiger partial charge >= 0.3 is 5.97 Å². The SMILES string of the molecule is Cc1ccc(-n2c(SCC(=O)O)nc3c(sc(=S)n3-c3ccc(Cl)c(C)c3)c2=O)cc1. The van der Waals surface area contributed by atoms with Gasteiger partial charge in [0.05, 0.1) is 11.4 Å². The third-order valence-corrected chi connectivity index (χ3v) is 7.29. The van der Waals surface area contributed by atoms with E-state index in [9.17, 15) is 14.7 Å². The van der Waals surface area contributed by atoms with Crippen molar-refractivity contribution >= 4 is 63.2 Å². The molecule has 0 amide bonds. The van der Waals surface area contributed by atoms with E-state index in [-0.39, 0.29) is 16.5 Å². The Morgan fingerprint density at radius 2 is 1.84 bits per heavy atom. The van der Waals surface area contributed by atoms with Crippen LogP contribution in [0.1, 0.15) is 11.1 Å². The van der Waals surface area contributed by atoms with Crippen LogP contribution >= 0.6 is 46.9 Å². The Bertz CT molecular complexity index is 1440. The number of benzene rings is 2. The number of hydrogen-bond donors (Lipinski definition) is 1. The van der Waals surface area contributed by atoms with Gasteiger partial charge in [-0.25, -0.2) is 4.98 Å². The quantitative estimate of drug-likeness (QED) is 0.229. The highest BCUT2D eigenvalue weighted by atomic mass is 35.5. The lowest BCUT2D eigenvalue weighted by atomic mass is 10.2. The first-order valence-electron chi connectivity index (χ1n) is 9.13. The predicted molar refractivity (Wildman–Crippen MR) is 128 cm³/mol. The summed E-state index contributed by atoms with van der Waals surface area (Å²) in [5.74, 6) is -1.22. The fourth-order valence-corrected chi connectivity index (χ4v) is 5.22. The molecule has 2 aromatic carbocycles. The van der Waals surface area contributed by atoms with Gasteiger partial charge < -0.3 is 5.11 Å². The highest BCUT2D eigenvalue weighted by Crippen LogP contribution is 2.29. The topological polar surface area (TPSA) is 77.1 Å². The van der Waals surface area contributed by atoms with Gasteiger partial charge in [-0.3, -0.25) is 18.7 Å². The number of fused-ring (bicyclic) bond motifs is 1. The molecule has 0 saturated carbocycles. The normalized spacial score (nSPS) is 11.2. The molecule has 0 radical (unpaired) electrons. The van der Waals surface area contributed by atoms with Crippen molar-refractivity contribution in [1.29, 1.82) is 0 Å². The number of rotatable bonds is 5. The molecule has 2 aromatic heterocycles. The van der Waals surface area contributed by atoms with Crippen molar-refractivity contribution in [3.05, 3.63) is 72.9 Å². The Balaban J connectivity index is 2.02. The van der Waals surface area contributed by atoms with Crippen LogP contribution in [0.25, 0.3) is 21.7 Å². The average Bonchev–Trinajstić information content (AvgIpc) is 3.06. The van der Waals surface area contributed by atoms with Crippen molar-refractivity contribution < 1.29 is 9.90 Å². The van der Waals surface area contributed by atoms with E-state index in [1.54, 1.807) is 10.6 Å². The van der Waals surface area contributed by atoms with E-state index in [1.165, 1.54) is 15.9 Å². The molecule has 0 saturated heterocycles. The summed E-state index contributed by atoms with van der Waals surface area (Å²) >= 11 is 13.9. The minimum atomic E-state index is -0.995. The molecule has 10 heteroatoms. The van der Waals surface area contributed by atoms with Crippen molar-refractivity contribution in [1.82, 2.24) is 14.1 Å². The second kappa shape index (κ2) is 8.58. The molecule has 1 N–H and O–H groups in total. The lowest BCUT2D eigenvalue weighted by Gasteiger charge is -2.13. The van der Waals surface area contributed by atoms with Crippen LogP contribution in [0.5, 0.6) is 0 Å². The fraction of sp³-hybridized carbons (Fsp3) is 0.143. The molecule has 0 aliphatic heterocycles. The van der Waals surface area contributed by atoms with E-state index in [2.05, 4.69) is 0 Å². The van der Waals surface area contributed by atoms with Crippen molar-refractivity contribution in [2.24, 2.45) is 0 Å². The maximum absolute atomic E-state index is 13.5. The van der Waals surface area contributed by atoms with Crippen LogP contribution in [-0.4, -0.2) is 30.9 Å². The first kappa shape index (κ1) is 21.8. The minimum absolute atomic E-state index is 0.227. The maximum Gasteiger partial charge on any atom is 0.313 e. The monoisotopic (exact) mass is 489 g/mol. The van der Waals surface area contributed by atoms with Crippen LogP contribution in [0, 0.1) is 17.8 Å². The average molecular weight is 490 g/mol. The Labute approximate surface area is 195 Å². The van der Waals surface area contributed by atoms with Gasteiger partial charge in [-0.15, -0.1) is 0 Å². The van der Waals surface area contributed by atoms with Crippen LogP contribution in [0.15, 0.2) is 52.4 Å². The molecule has 0 aliphatic carbocycles. The number of carboxylic acids is 1. The number of aryl methyl sites for hydroxylation is 2. The number of carbonyl (C=O) groups is 1. The summed E-state index contributed by atoms with van der Waals surface area (Å²) < 4.78 is 4.04. The van der Waals surface area contributed by atoms with Gasteiger partial charge in [-0.1, -0.05) is 52.4 Å². The van der Waals surface area contributed by atoms with Crippen molar-refractivity contribution in [3.63, 3.8) is 0 Å². The molecule has 6 nitrogen and oxygen atoms in total. The highest BCUT2D eigenvalue weighted by molar-refractivity contribution is 7.99. The standard InChI is InChI=1S/C21H16ClN3O3S3/c1-11-3-5-13(6-4-11)25-19(28)17-18(23-20(25)30-10-16(26)27)24(21(29)31-17)14-7-8-15(22)12(2)9-14/h3-9H,10H2,1-2H3,(H,26,27). The summed E-state index contributed by atoms with van der Waals surface area (Å²) in [5.41, 5.74) is 3.39. The number of nitrogens with zero attached hydrogens (tertiary/aromatic N) is 3. The number of hydrogen-bond acceptors (Lipinski definition) is 6. The number of aromatic nitrogens is 3. The van der Waals surface area contributed by atoms with E-state index in [4.69, 9.17) is 28.8 Å². The molecule has 4 rings (SSSR count). The van der Waals surface area contributed by atoms with Gasteiger partial charge in [0.2, 0.25) is 0 Å². The Morgan fingerprint density at radius 3 is 2.48 bits per heavy atom. The zero-order chi connectivity index (χ0) is 22.3. The van der Waals surface area contributed by atoms with E-state index in [0.717, 1.165) is 28.6 Å². The van der Waals surface area contributed by atoms with Crippen LogP contribution < -0.4 is 5.56 Å². The highest BCUT2D eigenvalue weighted by Gasteiger charge is 2.20. The van der Waals surface area contributed by atoms with Gasteiger partial charge in [0.1, 0.15) is 4.70 Å². The van der Waals surface area contributed by atoms with Crippen LogP contribution in [0.3, 0.4) is 0 Å². The zero-order valence-electron chi connectivity index (χ0n) is 16.5. The second-order valence-electron chi connectivity index (χ2n) is 6.84. The second-order valence-corrected chi connectivity index (χ2v) is 9.84. The summed E-state index contributed by atoms with van der Waals surface area (Å²) in [4.78, 5) is 29.4. The fourth-order valence-electron chi connectivity index (χ4n) is 3.08. The molecule has 0 fully saturated rings. The Hall–Kier alpha value is -2.46. The zero-order valence-corrected chi connectivity index (χ0v) is 19.7. The minimum Gasteiger partial charge on any atom is -0.481 e. The summed E-state index contributed by atoms with van der Waals surface area (Å²) in [5, 5.41) is 10.1. The number of halogens is 1. The number of carboxylic acid groups (broad SMARTS) is 1. The third-order valence-electron chi connectivity index (χ3n) is 4.59. The number of thiazole rings is 1. The summed E-state index contributed by atoms with van der Waals surface area (Å²) in [6, 6.07) is 12.9.